The van der Waals surface area contributed by atoms with Gasteiger partial charge >= 0.3 is 6.03 Å². The van der Waals surface area contributed by atoms with Crippen molar-refractivity contribution >= 4 is 12.0 Å². The zero-order chi connectivity index (χ0) is 13.0. The molecule has 1 rings (SSSR count). The van der Waals surface area contributed by atoms with Crippen LogP contribution in [0.15, 0.2) is 17.8 Å². The lowest BCUT2D eigenvalue weighted by Crippen LogP contribution is -2.36. The third-order valence-electron chi connectivity index (χ3n) is 2.34. The lowest BCUT2D eigenvalue weighted by Gasteiger charge is -2.22. The van der Waals surface area contributed by atoms with Gasteiger partial charge in [-0.1, -0.05) is 6.58 Å². The van der Waals surface area contributed by atoms with Crippen molar-refractivity contribution in [1.29, 1.82) is 0 Å². The second kappa shape index (κ2) is 5.62. The van der Waals surface area contributed by atoms with Crippen LogP contribution in [0.5, 0.6) is 0 Å². The SMILES string of the molecule is C=CN(C(=O)N=C(N)N)C1CC(O)C(CO)O1. The first-order valence-electron chi connectivity index (χ1n) is 4.98. The maximum absolute atomic E-state index is 11.6. The molecule has 17 heavy (non-hydrogen) atoms. The summed E-state index contributed by atoms with van der Waals surface area (Å²) in [6.45, 7) is 3.11. The highest BCUT2D eigenvalue weighted by Crippen LogP contribution is 2.23. The molecule has 2 amide bonds. The molecule has 1 saturated heterocycles. The first-order chi connectivity index (χ1) is 7.99. The van der Waals surface area contributed by atoms with Crippen molar-refractivity contribution in [3.63, 3.8) is 0 Å². The minimum atomic E-state index is -0.848. The van der Waals surface area contributed by atoms with Crippen LogP contribution in [0.3, 0.4) is 0 Å². The molecule has 1 aliphatic heterocycles. The second-order valence-electron chi connectivity index (χ2n) is 3.52. The Hall–Kier alpha value is -1.64. The number of nitrogens with zero attached hydrogens (tertiary/aromatic N) is 2. The van der Waals surface area contributed by atoms with Gasteiger partial charge in [-0.05, 0) is 0 Å². The van der Waals surface area contributed by atoms with Gasteiger partial charge in [0.2, 0.25) is 0 Å². The molecule has 3 unspecified atom stereocenters. The summed E-state index contributed by atoms with van der Waals surface area (Å²) in [6.07, 6.45) is -0.960. The van der Waals surface area contributed by atoms with Gasteiger partial charge in [-0.3, -0.25) is 4.90 Å². The zero-order valence-corrected chi connectivity index (χ0v) is 9.19. The highest BCUT2D eigenvalue weighted by atomic mass is 16.5. The zero-order valence-electron chi connectivity index (χ0n) is 9.19. The number of hydrogen-bond acceptors (Lipinski definition) is 4. The monoisotopic (exact) mass is 244 g/mol. The molecule has 8 nitrogen and oxygen atoms in total. The average Bonchev–Trinajstić information content (AvgIpc) is 2.59. The van der Waals surface area contributed by atoms with Gasteiger partial charge in [-0.2, -0.15) is 4.99 Å². The van der Waals surface area contributed by atoms with Gasteiger partial charge in [-0.15, -0.1) is 0 Å². The van der Waals surface area contributed by atoms with E-state index in [1.807, 2.05) is 0 Å². The molecule has 0 aromatic carbocycles. The van der Waals surface area contributed by atoms with Crippen LogP contribution in [-0.4, -0.2) is 52.1 Å². The molecule has 6 N–H and O–H groups in total. The van der Waals surface area contributed by atoms with Crippen molar-refractivity contribution in [2.45, 2.75) is 24.9 Å². The molecule has 8 heteroatoms. The second-order valence-corrected chi connectivity index (χ2v) is 3.52. The van der Waals surface area contributed by atoms with E-state index in [1.54, 1.807) is 0 Å². The fourth-order valence-corrected chi connectivity index (χ4v) is 1.54. The fraction of sp³-hybridized carbons (Fsp3) is 0.556. The summed E-state index contributed by atoms with van der Waals surface area (Å²) in [7, 11) is 0. The minimum absolute atomic E-state index is 0.156. The number of carbonyl (C=O) groups excluding carboxylic acids is 1. The van der Waals surface area contributed by atoms with Crippen LogP contribution in [0.2, 0.25) is 0 Å². The first-order valence-corrected chi connectivity index (χ1v) is 4.98. The summed E-state index contributed by atoms with van der Waals surface area (Å²) >= 11 is 0. The molecule has 0 aromatic rings. The Balaban J connectivity index is 2.73. The molecule has 96 valence electrons. The molecule has 0 saturated carbocycles. The molecule has 1 aliphatic rings. The van der Waals surface area contributed by atoms with E-state index in [0.717, 1.165) is 4.90 Å². The van der Waals surface area contributed by atoms with E-state index in [9.17, 15) is 9.90 Å². The Morgan fingerprint density at radius 1 is 1.65 bits per heavy atom. The van der Waals surface area contributed by atoms with Gasteiger partial charge in [0.15, 0.2) is 5.96 Å². The lowest BCUT2D eigenvalue weighted by molar-refractivity contribution is -0.0524. The van der Waals surface area contributed by atoms with E-state index >= 15 is 0 Å². The molecule has 1 fully saturated rings. The van der Waals surface area contributed by atoms with Gasteiger partial charge < -0.3 is 26.4 Å². The normalized spacial score (nSPS) is 27.5. The van der Waals surface area contributed by atoms with Gasteiger partial charge in [0.25, 0.3) is 0 Å². The number of aliphatic hydroxyl groups is 2. The van der Waals surface area contributed by atoms with E-state index in [-0.39, 0.29) is 19.0 Å². The summed E-state index contributed by atoms with van der Waals surface area (Å²) in [4.78, 5) is 15.9. The molecule has 1 heterocycles. The van der Waals surface area contributed by atoms with E-state index in [2.05, 4.69) is 11.6 Å². The number of nitrogens with two attached hydrogens (primary N) is 2. The Bertz CT molecular complexity index is 329. The van der Waals surface area contributed by atoms with Crippen molar-refractivity contribution < 1.29 is 19.7 Å². The first kappa shape index (κ1) is 13.4. The van der Waals surface area contributed by atoms with E-state index < -0.39 is 24.5 Å². The number of hydrogen-bond donors (Lipinski definition) is 4. The molecular weight excluding hydrogens is 228 g/mol. The maximum atomic E-state index is 11.6. The van der Waals surface area contributed by atoms with Crippen molar-refractivity contribution in [1.82, 2.24) is 4.90 Å². The summed E-state index contributed by atoms with van der Waals surface area (Å²) in [5, 5.41) is 18.4. The van der Waals surface area contributed by atoms with Crippen LogP contribution in [0.4, 0.5) is 4.79 Å². The number of ether oxygens (including phenoxy) is 1. The van der Waals surface area contributed by atoms with E-state index in [4.69, 9.17) is 21.3 Å². The average molecular weight is 244 g/mol. The number of rotatable bonds is 3. The van der Waals surface area contributed by atoms with Crippen molar-refractivity contribution in [2.75, 3.05) is 6.61 Å². The topological polar surface area (TPSA) is 134 Å². The highest BCUT2D eigenvalue weighted by Gasteiger charge is 2.37. The van der Waals surface area contributed by atoms with Crippen LogP contribution in [-0.2, 0) is 4.74 Å². The lowest BCUT2D eigenvalue weighted by atomic mass is 10.2. The molecule has 0 spiro atoms. The van der Waals surface area contributed by atoms with Crippen molar-refractivity contribution in [2.24, 2.45) is 16.5 Å². The Labute approximate surface area is 98.2 Å². The quantitative estimate of drug-likeness (QED) is 0.345. The highest BCUT2D eigenvalue weighted by molar-refractivity contribution is 5.91. The van der Waals surface area contributed by atoms with Gasteiger partial charge in [-0.25, -0.2) is 4.79 Å². The Morgan fingerprint density at radius 3 is 2.71 bits per heavy atom. The van der Waals surface area contributed by atoms with E-state index in [1.165, 1.54) is 6.20 Å². The summed E-state index contributed by atoms with van der Waals surface area (Å²) in [6, 6.07) is -0.740. The molecule has 0 aromatic heterocycles. The molecule has 0 radical (unpaired) electrons. The predicted molar refractivity (Wildman–Crippen MR) is 59.6 cm³/mol. The number of amides is 2. The van der Waals surface area contributed by atoms with Gasteiger partial charge in [0.1, 0.15) is 12.3 Å². The van der Waals surface area contributed by atoms with Crippen LogP contribution in [0.25, 0.3) is 0 Å². The number of urea groups is 1. The molecular formula is C9H16N4O4. The van der Waals surface area contributed by atoms with Crippen molar-refractivity contribution in [3.05, 3.63) is 12.8 Å². The Morgan fingerprint density at radius 2 is 2.29 bits per heavy atom. The van der Waals surface area contributed by atoms with Crippen LogP contribution in [0.1, 0.15) is 6.42 Å². The maximum Gasteiger partial charge on any atom is 0.352 e. The largest absolute Gasteiger partial charge is 0.394 e. The fourth-order valence-electron chi connectivity index (χ4n) is 1.54. The van der Waals surface area contributed by atoms with Crippen molar-refractivity contribution in [3.8, 4) is 0 Å². The number of aliphatic imine (C=N–C) groups is 1. The van der Waals surface area contributed by atoms with E-state index in [0.29, 0.717) is 0 Å². The molecule has 0 bridgehead atoms. The van der Waals surface area contributed by atoms with Crippen LogP contribution >= 0.6 is 0 Å². The molecule has 3 atom stereocenters. The summed E-state index contributed by atoms with van der Waals surface area (Å²) in [5.41, 5.74) is 10.2. The third kappa shape index (κ3) is 3.16. The summed E-state index contributed by atoms with van der Waals surface area (Å²) in [5.74, 6) is -0.376. The molecule has 0 aliphatic carbocycles. The smallest absolute Gasteiger partial charge is 0.352 e. The third-order valence-corrected chi connectivity index (χ3v) is 2.34. The van der Waals surface area contributed by atoms with Crippen LogP contribution in [0, 0.1) is 0 Å². The number of guanidine groups is 1. The number of carbonyl (C=O) groups is 1. The van der Waals surface area contributed by atoms with Gasteiger partial charge in [0.05, 0.1) is 12.7 Å². The Kier molecular flexibility index (Phi) is 4.44. The van der Waals surface area contributed by atoms with Gasteiger partial charge in [0, 0.05) is 12.6 Å². The van der Waals surface area contributed by atoms with Crippen LogP contribution < -0.4 is 11.5 Å². The minimum Gasteiger partial charge on any atom is -0.394 e. The summed E-state index contributed by atoms with van der Waals surface area (Å²) < 4.78 is 5.26. The predicted octanol–water partition coefficient (Wildman–Crippen LogP) is -1.71. The number of aliphatic hydroxyl groups excluding tert-OH is 2. The standard InChI is InChI=1S/C9H16N4O4/c1-2-13(9(16)12-8(10)11)7-3-5(15)6(4-14)17-7/h2,5-7,14-15H,1,3-4H2,(H4,10,11,12,16).